The Balaban J connectivity index is 0.000000336. The molecular weight excluding hydrogens is 149 g/mol. The molecule has 0 saturated heterocycles. The number of benzene rings is 1. The van der Waals surface area contributed by atoms with E-state index < -0.39 is 0 Å². The topological polar surface area (TPSA) is 41.6 Å². The zero-order chi connectivity index (χ0) is 8.97. The van der Waals surface area contributed by atoms with E-state index in [1.807, 2.05) is 25.1 Å². The number of hydrogen-bond acceptors (Lipinski definition) is 2. The average molecular weight is 159 g/mol. The second kappa shape index (κ2) is 3.90. The molecule has 12 heavy (non-hydrogen) atoms. The van der Waals surface area contributed by atoms with Crippen molar-refractivity contribution in [3.63, 3.8) is 0 Å². The van der Waals surface area contributed by atoms with Crippen molar-refractivity contribution in [2.24, 2.45) is 0 Å². The molecule has 0 aliphatic rings. The molecule has 4 heteroatoms. The summed E-state index contributed by atoms with van der Waals surface area (Å²) in [5.41, 5.74) is 3.05. The largest absolute Gasteiger partial charge is 0.197 e. The van der Waals surface area contributed by atoms with Gasteiger partial charge in [0.2, 0.25) is 0 Å². The lowest BCUT2D eigenvalue weighted by Gasteiger charge is -1.88. The number of aromatic nitrogens is 3. The van der Waals surface area contributed by atoms with Crippen molar-refractivity contribution in [1.82, 2.24) is 15.4 Å². The fraction of sp³-hybridized carbons (Fsp3) is 0.250. The number of nitrogens with zero attached hydrogens (tertiary/aromatic N) is 2. The minimum Gasteiger partial charge on any atom is -0.197 e. The highest BCUT2D eigenvalue weighted by atomic mass is 15.3. The molecule has 0 bridgehead atoms. The third-order valence-corrected chi connectivity index (χ3v) is 1.55. The Hall–Kier alpha value is -1.32. The molecule has 2 aromatic rings. The highest BCUT2D eigenvalue weighted by Crippen LogP contribution is 2.10. The van der Waals surface area contributed by atoms with Gasteiger partial charge in [-0.05, 0) is 18.6 Å². The van der Waals surface area contributed by atoms with E-state index in [1.54, 1.807) is 0 Å². The van der Waals surface area contributed by atoms with Crippen molar-refractivity contribution in [1.29, 1.82) is 0 Å². The first-order valence-corrected chi connectivity index (χ1v) is 3.72. The molecule has 2 rings (SSSR count). The molecule has 1 heterocycles. The molecule has 0 saturated carbocycles. The number of para-hydroxylation sites is 1. The first-order chi connectivity index (χ1) is 5.88. The maximum atomic E-state index is 4.50. The van der Waals surface area contributed by atoms with E-state index in [0.29, 0.717) is 0 Å². The van der Waals surface area contributed by atoms with Gasteiger partial charge in [-0.3, -0.25) is 0 Å². The smallest absolute Gasteiger partial charge is 0.115 e. The zero-order valence-electron chi connectivity index (χ0n) is 7.20. The number of aromatic amines is 1. The van der Waals surface area contributed by atoms with Crippen molar-refractivity contribution in [3.05, 3.63) is 23.8 Å². The van der Waals surface area contributed by atoms with Crippen LogP contribution in [-0.4, -0.2) is 23.3 Å². The maximum absolute atomic E-state index is 4.50. The van der Waals surface area contributed by atoms with Crippen LogP contribution >= 0.6 is 0 Å². The Morgan fingerprint density at radius 1 is 1.25 bits per heavy atom. The van der Waals surface area contributed by atoms with Crippen molar-refractivity contribution >= 4 is 18.9 Å². The van der Waals surface area contributed by atoms with Gasteiger partial charge in [-0.15, -0.1) is 0 Å². The summed E-state index contributed by atoms with van der Waals surface area (Å²) in [5.74, 6) is 0. The van der Waals surface area contributed by atoms with Crippen molar-refractivity contribution < 1.29 is 0 Å². The Labute approximate surface area is 72.6 Å². The molecule has 2 radical (unpaired) electrons. The number of hydrogen-bond donors (Lipinski definition) is 1. The molecule has 0 aliphatic carbocycles. The van der Waals surface area contributed by atoms with E-state index >= 15 is 0 Å². The lowest BCUT2D eigenvalue weighted by molar-refractivity contribution is 0.958. The van der Waals surface area contributed by atoms with Crippen LogP contribution in [0.4, 0.5) is 0 Å². The highest BCUT2D eigenvalue weighted by Gasteiger charge is 1.97. The predicted octanol–water partition coefficient (Wildman–Crippen LogP) is 1.47. The van der Waals surface area contributed by atoms with Crippen LogP contribution in [0.3, 0.4) is 0 Å². The van der Waals surface area contributed by atoms with Crippen LogP contribution < -0.4 is 0 Å². The fourth-order valence-electron chi connectivity index (χ4n) is 1.01. The summed E-state index contributed by atoms with van der Waals surface area (Å²) in [7, 11) is 4.50. The normalized spacial score (nSPS) is 9.17. The Kier molecular flexibility index (Phi) is 2.85. The predicted molar refractivity (Wildman–Crippen MR) is 50.2 cm³/mol. The van der Waals surface area contributed by atoms with Crippen molar-refractivity contribution in [2.45, 2.75) is 13.7 Å². The van der Waals surface area contributed by atoms with E-state index in [0.717, 1.165) is 16.6 Å². The molecule has 3 nitrogen and oxygen atoms in total. The molecule has 1 aromatic heterocycles. The van der Waals surface area contributed by atoms with Crippen molar-refractivity contribution in [3.8, 4) is 0 Å². The van der Waals surface area contributed by atoms with Crippen LogP contribution in [0.15, 0.2) is 18.2 Å². The number of fused-ring (bicyclic) bond motifs is 1. The van der Waals surface area contributed by atoms with Gasteiger partial charge in [0.05, 0.1) is 7.85 Å². The van der Waals surface area contributed by atoms with Gasteiger partial charge in [-0.2, -0.15) is 15.4 Å². The number of rotatable bonds is 0. The van der Waals surface area contributed by atoms with Gasteiger partial charge < -0.3 is 0 Å². The van der Waals surface area contributed by atoms with Gasteiger partial charge in [0.1, 0.15) is 11.0 Å². The molecular formula is C8H10BN3. The third-order valence-electron chi connectivity index (χ3n) is 1.55. The van der Waals surface area contributed by atoms with Gasteiger partial charge >= 0.3 is 0 Å². The maximum Gasteiger partial charge on any atom is 0.115 e. The minimum absolute atomic E-state index is 0.931. The lowest BCUT2D eigenvalue weighted by atomic mass is 10.2. The summed E-state index contributed by atoms with van der Waals surface area (Å²) >= 11 is 0. The van der Waals surface area contributed by atoms with Crippen LogP contribution in [0.1, 0.15) is 5.56 Å². The quantitative estimate of drug-likeness (QED) is 0.591. The molecule has 0 unspecified atom stereocenters. The Morgan fingerprint density at radius 3 is 2.67 bits per heavy atom. The summed E-state index contributed by atoms with van der Waals surface area (Å²) in [5, 5.41) is 10.5. The van der Waals surface area contributed by atoms with Crippen LogP contribution in [-0.2, 0) is 0 Å². The van der Waals surface area contributed by atoms with E-state index in [-0.39, 0.29) is 0 Å². The Morgan fingerprint density at radius 2 is 2.00 bits per heavy atom. The first-order valence-electron chi connectivity index (χ1n) is 3.72. The van der Waals surface area contributed by atoms with Crippen LogP contribution in [0.25, 0.3) is 11.0 Å². The van der Waals surface area contributed by atoms with E-state index in [9.17, 15) is 0 Å². The summed E-state index contributed by atoms with van der Waals surface area (Å²) in [4.78, 5) is 0. The molecule has 60 valence electrons. The van der Waals surface area contributed by atoms with Gasteiger partial charge in [0, 0.05) is 0 Å². The van der Waals surface area contributed by atoms with Crippen LogP contribution in [0.2, 0.25) is 6.82 Å². The average Bonchev–Trinajstić information content (AvgIpc) is 2.57. The van der Waals surface area contributed by atoms with Gasteiger partial charge in [-0.1, -0.05) is 19.0 Å². The van der Waals surface area contributed by atoms with Crippen LogP contribution in [0.5, 0.6) is 0 Å². The molecule has 1 aromatic carbocycles. The van der Waals surface area contributed by atoms with Gasteiger partial charge in [-0.25, -0.2) is 0 Å². The third kappa shape index (κ3) is 1.47. The summed E-state index contributed by atoms with van der Waals surface area (Å²) in [6.07, 6.45) is 0. The molecule has 0 amide bonds. The second-order valence-corrected chi connectivity index (χ2v) is 2.27. The molecule has 0 spiro atoms. The fourth-order valence-corrected chi connectivity index (χ4v) is 1.01. The summed E-state index contributed by atoms with van der Waals surface area (Å²) in [6.45, 7) is 3.52. The SMILES string of the molecule is Cc1cccc2n[nH]nc12.[B]C. The Bertz CT molecular complexity index is 356. The zero-order valence-corrected chi connectivity index (χ0v) is 7.20. The number of aryl methyl sites for hydroxylation is 1. The molecule has 1 N–H and O–H groups in total. The highest BCUT2D eigenvalue weighted by molar-refractivity contribution is 6.05. The number of nitrogens with one attached hydrogen (secondary N) is 1. The summed E-state index contributed by atoms with van der Waals surface area (Å²) < 4.78 is 0. The van der Waals surface area contributed by atoms with Gasteiger partial charge in [0.15, 0.2) is 0 Å². The standard InChI is InChI=1S/C7H7N3.CH3B/c1-5-3-2-4-6-7(5)9-10-8-6;1-2/h2-4H,1H3,(H,8,9,10);1H3. The number of H-pyrrole nitrogens is 1. The summed E-state index contributed by atoms with van der Waals surface area (Å²) in [6, 6.07) is 5.93. The second-order valence-electron chi connectivity index (χ2n) is 2.27. The monoisotopic (exact) mass is 159 g/mol. The van der Waals surface area contributed by atoms with E-state index in [4.69, 9.17) is 0 Å². The molecule has 0 fully saturated rings. The first kappa shape index (κ1) is 8.78. The lowest BCUT2D eigenvalue weighted by Crippen LogP contribution is -1.73. The van der Waals surface area contributed by atoms with Crippen molar-refractivity contribution in [2.75, 3.05) is 0 Å². The van der Waals surface area contributed by atoms with Crippen LogP contribution in [0, 0.1) is 6.92 Å². The molecule has 0 atom stereocenters. The van der Waals surface area contributed by atoms with E-state index in [2.05, 4.69) is 23.3 Å². The van der Waals surface area contributed by atoms with Gasteiger partial charge in [0.25, 0.3) is 0 Å². The minimum atomic E-state index is 0.931. The molecule has 0 aliphatic heterocycles. The van der Waals surface area contributed by atoms with E-state index in [1.165, 1.54) is 6.82 Å².